The molecule has 1 amide bonds. The maximum Gasteiger partial charge on any atom is 0.408 e. The highest BCUT2D eigenvalue weighted by Gasteiger charge is 2.26. The lowest BCUT2D eigenvalue weighted by molar-refractivity contribution is -0.155. The summed E-state index contributed by atoms with van der Waals surface area (Å²) >= 11 is 0. The van der Waals surface area contributed by atoms with Gasteiger partial charge in [-0.2, -0.15) is 0 Å². The molecule has 0 saturated heterocycles. The largest absolute Gasteiger partial charge is 0.464 e. The molecule has 7 heteroatoms. The molecule has 0 heterocycles. The first-order chi connectivity index (χ1) is 14.1. The first kappa shape index (κ1) is 25.5. The zero-order valence-corrected chi connectivity index (χ0v) is 18.7. The van der Waals surface area contributed by atoms with E-state index in [9.17, 15) is 14.4 Å². The highest BCUT2D eigenvalue weighted by Crippen LogP contribution is 2.11. The number of amides is 1. The summed E-state index contributed by atoms with van der Waals surface area (Å²) in [5.74, 6) is -0.861. The maximum atomic E-state index is 12.3. The van der Waals surface area contributed by atoms with Crippen molar-refractivity contribution in [1.82, 2.24) is 5.32 Å². The lowest BCUT2D eigenvalue weighted by Crippen LogP contribution is -2.45. The van der Waals surface area contributed by atoms with Crippen molar-refractivity contribution in [2.24, 2.45) is 5.92 Å². The van der Waals surface area contributed by atoms with Crippen molar-refractivity contribution in [1.29, 1.82) is 0 Å². The summed E-state index contributed by atoms with van der Waals surface area (Å²) in [5.41, 5.74) is 0.385. The summed E-state index contributed by atoms with van der Waals surface area (Å²) in [4.78, 5) is 36.0. The number of benzene rings is 1. The third-order valence-corrected chi connectivity index (χ3v) is 4.10. The fourth-order valence-corrected chi connectivity index (χ4v) is 2.59. The predicted molar refractivity (Wildman–Crippen MR) is 114 cm³/mol. The number of hydrogen-bond donors (Lipinski definition) is 1. The van der Waals surface area contributed by atoms with E-state index in [1.807, 2.05) is 65.0 Å². The van der Waals surface area contributed by atoms with E-state index in [-0.39, 0.29) is 25.1 Å². The predicted octanol–water partition coefficient (Wildman–Crippen LogP) is 4.38. The smallest absolute Gasteiger partial charge is 0.408 e. The second kappa shape index (κ2) is 12.9. The summed E-state index contributed by atoms with van der Waals surface area (Å²) in [5, 5.41) is 2.58. The van der Waals surface area contributed by atoms with Crippen molar-refractivity contribution in [3.63, 3.8) is 0 Å². The molecule has 1 aromatic carbocycles. The van der Waals surface area contributed by atoms with Crippen LogP contribution in [0.3, 0.4) is 0 Å². The van der Waals surface area contributed by atoms with Gasteiger partial charge in [-0.25, -0.2) is 9.59 Å². The molecule has 1 atom stereocenters. The van der Waals surface area contributed by atoms with Crippen LogP contribution in [0, 0.1) is 5.92 Å². The SMILES string of the molecule is CC(C)[C@H](NC(=O)OCc1ccccc1)C(=O)OCCCCCC(=O)OC(C)(C)C. The number of alkyl carbamates (subject to hydrolysis) is 1. The topological polar surface area (TPSA) is 90.9 Å². The van der Waals surface area contributed by atoms with E-state index in [0.29, 0.717) is 19.3 Å². The van der Waals surface area contributed by atoms with Crippen LogP contribution in [-0.2, 0) is 30.4 Å². The van der Waals surface area contributed by atoms with Crippen LogP contribution in [0.5, 0.6) is 0 Å². The fourth-order valence-electron chi connectivity index (χ4n) is 2.59. The third-order valence-electron chi connectivity index (χ3n) is 4.10. The number of carbonyl (C=O) groups is 3. The zero-order chi connectivity index (χ0) is 22.6. The van der Waals surface area contributed by atoms with Gasteiger partial charge >= 0.3 is 18.0 Å². The lowest BCUT2D eigenvalue weighted by Gasteiger charge is -2.20. The van der Waals surface area contributed by atoms with Crippen LogP contribution in [-0.4, -0.2) is 36.3 Å². The monoisotopic (exact) mass is 421 g/mol. The molecule has 168 valence electrons. The normalized spacial score (nSPS) is 12.2. The van der Waals surface area contributed by atoms with Crippen LogP contribution in [0.4, 0.5) is 4.79 Å². The molecular weight excluding hydrogens is 386 g/mol. The maximum absolute atomic E-state index is 12.3. The Morgan fingerprint density at radius 3 is 2.23 bits per heavy atom. The third kappa shape index (κ3) is 11.4. The Morgan fingerprint density at radius 1 is 0.967 bits per heavy atom. The Kier molecular flexibility index (Phi) is 10.9. The first-order valence-corrected chi connectivity index (χ1v) is 10.4. The summed E-state index contributed by atoms with van der Waals surface area (Å²) in [6.07, 6.45) is 1.73. The molecule has 7 nitrogen and oxygen atoms in total. The van der Waals surface area contributed by atoms with Gasteiger partial charge in [0.25, 0.3) is 0 Å². The molecule has 1 N–H and O–H groups in total. The molecule has 0 aromatic heterocycles. The van der Waals surface area contributed by atoms with Crippen molar-refractivity contribution in [3.8, 4) is 0 Å². The van der Waals surface area contributed by atoms with Gasteiger partial charge in [-0.05, 0) is 51.5 Å². The van der Waals surface area contributed by atoms with Gasteiger partial charge in [0.05, 0.1) is 6.61 Å². The van der Waals surface area contributed by atoms with Crippen molar-refractivity contribution in [2.75, 3.05) is 6.61 Å². The van der Waals surface area contributed by atoms with Gasteiger partial charge in [-0.3, -0.25) is 4.79 Å². The summed E-state index contributed by atoms with van der Waals surface area (Å²) in [6.45, 7) is 9.51. The molecule has 0 radical (unpaired) electrons. The second-order valence-corrected chi connectivity index (χ2v) is 8.49. The van der Waals surface area contributed by atoms with Gasteiger partial charge in [-0.1, -0.05) is 44.2 Å². The summed E-state index contributed by atoms with van der Waals surface area (Å²) in [7, 11) is 0. The molecule has 0 spiro atoms. The molecule has 0 aliphatic rings. The van der Waals surface area contributed by atoms with Crippen LogP contribution in [0.15, 0.2) is 30.3 Å². The van der Waals surface area contributed by atoms with E-state index in [2.05, 4.69) is 5.32 Å². The van der Waals surface area contributed by atoms with E-state index >= 15 is 0 Å². The molecule has 1 rings (SSSR count). The van der Waals surface area contributed by atoms with E-state index in [0.717, 1.165) is 12.0 Å². The average molecular weight is 422 g/mol. The molecule has 1 aromatic rings. The van der Waals surface area contributed by atoms with Crippen molar-refractivity contribution >= 4 is 18.0 Å². The van der Waals surface area contributed by atoms with Crippen molar-refractivity contribution in [3.05, 3.63) is 35.9 Å². The Balaban J connectivity index is 2.27. The van der Waals surface area contributed by atoms with Gasteiger partial charge in [-0.15, -0.1) is 0 Å². The number of hydrogen-bond acceptors (Lipinski definition) is 6. The quantitative estimate of drug-likeness (QED) is 0.324. The average Bonchev–Trinajstić information content (AvgIpc) is 2.66. The van der Waals surface area contributed by atoms with E-state index in [1.165, 1.54) is 0 Å². The molecule has 0 fully saturated rings. The molecule has 0 aliphatic carbocycles. The molecule has 30 heavy (non-hydrogen) atoms. The molecule has 0 bridgehead atoms. The highest BCUT2D eigenvalue weighted by molar-refractivity contribution is 5.81. The van der Waals surface area contributed by atoms with Crippen molar-refractivity contribution in [2.45, 2.75) is 78.6 Å². The lowest BCUT2D eigenvalue weighted by atomic mass is 10.1. The zero-order valence-electron chi connectivity index (χ0n) is 18.7. The fraction of sp³-hybridized carbons (Fsp3) is 0.609. The number of unbranched alkanes of at least 4 members (excludes halogenated alkanes) is 2. The number of esters is 2. The summed E-state index contributed by atoms with van der Waals surface area (Å²) in [6, 6.07) is 8.52. The van der Waals surface area contributed by atoms with Gasteiger partial charge < -0.3 is 19.5 Å². The molecule has 0 saturated carbocycles. The van der Waals surface area contributed by atoms with Gasteiger partial charge in [0.15, 0.2) is 0 Å². The number of ether oxygens (including phenoxy) is 3. The Bertz CT molecular complexity index is 666. The molecule has 0 aliphatic heterocycles. The van der Waals surface area contributed by atoms with Crippen LogP contribution < -0.4 is 5.32 Å². The minimum absolute atomic E-state index is 0.129. The van der Waals surface area contributed by atoms with Crippen LogP contribution >= 0.6 is 0 Å². The van der Waals surface area contributed by atoms with Crippen LogP contribution in [0.2, 0.25) is 0 Å². The summed E-state index contributed by atoms with van der Waals surface area (Å²) < 4.78 is 15.7. The van der Waals surface area contributed by atoms with Gasteiger partial charge in [0.1, 0.15) is 18.2 Å². The van der Waals surface area contributed by atoms with E-state index in [4.69, 9.17) is 14.2 Å². The van der Waals surface area contributed by atoms with E-state index in [1.54, 1.807) is 0 Å². The second-order valence-electron chi connectivity index (χ2n) is 8.49. The van der Waals surface area contributed by atoms with Crippen LogP contribution in [0.1, 0.15) is 65.9 Å². The Labute approximate surface area is 179 Å². The molecule has 0 unspecified atom stereocenters. The van der Waals surface area contributed by atoms with Crippen molar-refractivity contribution < 1.29 is 28.6 Å². The number of rotatable bonds is 11. The van der Waals surface area contributed by atoms with E-state index < -0.39 is 23.7 Å². The Morgan fingerprint density at radius 2 is 1.63 bits per heavy atom. The Hall–Kier alpha value is -2.57. The van der Waals surface area contributed by atoms with Gasteiger partial charge in [0.2, 0.25) is 0 Å². The number of carbonyl (C=O) groups excluding carboxylic acids is 3. The number of nitrogens with one attached hydrogen (secondary N) is 1. The van der Waals surface area contributed by atoms with Gasteiger partial charge in [0, 0.05) is 6.42 Å². The minimum Gasteiger partial charge on any atom is -0.464 e. The first-order valence-electron chi connectivity index (χ1n) is 10.4. The standard InChI is InChI=1S/C23H35NO6/c1-17(2)20(24-22(27)29-16-18-12-8-6-9-13-18)21(26)28-15-11-7-10-14-19(25)30-23(3,4)5/h6,8-9,12-13,17,20H,7,10-11,14-16H2,1-5H3,(H,24,27)/t20-/m0/s1. The highest BCUT2D eigenvalue weighted by atomic mass is 16.6. The minimum atomic E-state index is -0.782. The van der Waals surface area contributed by atoms with Crippen LogP contribution in [0.25, 0.3) is 0 Å². The molecular formula is C23H35NO6.